The Kier molecular flexibility index (Phi) is 4.14. The summed E-state index contributed by atoms with van der Waals surface area (Å²) in [6.45, 7) is 5.06. The first-order valence-corrected chi connectivity index (χ1v) is 8.84. The van der Waals surface area contributed by atoms with Crippen molar-refractivity contribution in [2.75, 3.05) is 12.3 Å². The summed E-state index contributed by atoms with van der Waals surface area (Å²) in [5.41, 5.74) is 6.86. The quantitative estimate of drug-likeness (QED) is 0.566. The van der Waals surface area contributed by atoms with Gasteiger partial charge in [0.2, 0.25) is 0 Å². The molecule has 2 N–H and O–H groups in total. The van der Waals surface area contributed by atoms with E-state index in [9.17, 15) is 4.79 Å². The fourth-order valence-corrected chi connectivity index (χ4v) is 3.87. The minimum absolute atomic E-state index is 0.0633. The molecule has 0 radical (unpaired) electrons. The van der Waals surface area contributed by atoms with Crippen molar-refractivity contribution in [1.82, 2.24) is 19.5 Å². The minimum atomic E-state index is -0.789. The zero-order valence-electron chi connectivity index (χ0n) is 14.4. The van der Waals surface area contributed by atoms with Gasteiger partial charge in [-0.3, -0.25) is 9.36 Å². The van der Waals surface area contributed by atoms with Crippen LogP contribution in [0.25, 0.3) is 11.2 Å². The van der Waals surface area contributed by atoms with Crippen molar-refractivity contribution in [2.45, 2.75) is 51.1 Å². The van der Waals surface area contributed by atoms with E-state index in [-0.39, 0.29) is 18.4 Å². The number of fused-ring (bicyclic) bond motifs is 2. The fourth-order valence-electron chi connectivity index (χ4n) is 3.33. The Morgan fingerprint density at radius 1 is 1.38 bits per heavy atom. The van der Waals surface area contributed by atoms with Gasteiger partial charge in [0.25, 0.3) is 0 Å². The second kappa shape index (κ2) is 6.12. The summed E-state index contributed by atoms with van der Waals surface area (Å²) in [5.74, 6) is -0.908. The summed E-state index contributed by atoms with van der Waals surface area (Å²) in [4.78, 5) is 23.8. The Balaban J connectivity index is 1.73. The Labute approximate surface area is 157 Å². The molecule has 2 aliphatic heterocycles. The van der Waals surface area contributed by atoms with Gasteiger partial charge in [0.15, 0.2) is 33.7 Å². The SMILES string of the molecule is CC(=O)OC[C@H]1O[C@@H](n2c(Br)nc3c(N)ncnc32)[C@H]2OC(C)(C)O[C@@H]21. The molecule has 0 unspecified atom stereocenters. The number of aromatic nitrogens is 4. The predicted molar refractivity (Wildman–Crippen MR) is 91.8 cm³/mol. The van der Waals surface area contributed by atoms with E-state index in [0.717, 1.165) is 0 Å². The van der Waals surface area contributed by atoms with Gasteiger partial charge in [-0.2, -0.15) is 0 Å². The average Bonchev–Trinajstić information content (AvgIpc) is 3.14. The highest BCUT2D eigenvalue weighted by Crippen LogP contribution is 2.45. The van der Waals surface area contributed by atoms with Crippen LogP contribution in [0.3, 0.4) is 0 Å². The van der Waals surface area contributed by atoms with E-state index in [1.165, 1.54) is 13.3 Å². The maximum atomic E-state index is 11.2. The summed E-state index contributed by atoms with van der Waals surface area (Å²) in [6, 6.07) is 0. The van der Waals surface area contributed by atoms with Gasteiger partial charge in [-0.15, -0.1) is 0 Å². The molecule has 0 saturated carbocycles. The number of ether oxygens (including phenoxy) is 4. The van der Waals surface area contributed by atoms with Gasteiger partial charge in [0.1, 0.15) is 31.2 Å². The van der Waals surface area contributed by atoms with E-state index >= 15 is 0 Å². The van der Waals surface area contributed by atoms with Gasteiger partial charge >= 0.3 is 5.97 Å². The lowest BCUT2D eigenvalue weighted by atomic mass is 10.1. The van der Waals surface area contributed by atoms with Crippen molar-refractivity contribution in [2.24, 2.45) is 0 Å². The molecule has 4 rings (SSSR count). The third kappa shape index (κ3) is 2.84. The molecule has 10 nitrogen and oxygen atoms in total. The van der Waals surface area contributed by atoms with Crippen molar-refractivity contribution in [3.63, 3.8) is 0 Å². The molecule has 0 amide bonds. The van der Waals surface area contributed by atoms with Crippen molar-refractivity contribution < 1.29 is 23.7 Å². The number of anilines is 1. The van der Waals surface area contributed by atoms with Gasteiger partial charge in [0, 0.05) is 6.92 Å². The molecule has 0 bridgehead atoms. The van der Waals surface area contributed by atoms with E-state index in [0.29, 0.717) is 15.9 Å². The van der Waals surface area contributed by atoms with Gasteiger partial charge in [0.05, 0.1) is 0 Å². The lowest BCUT2D eigenvalue weighted by Gasteiger charge is -2.25. The number of hydrogen-bond acceptors (Lipinski definition) is 9. The first-order chi connectivity index (χ1) is 12.3. The highest BCUT2D eigenvalue weighted by molar-refractivity contribution is 9.10. The smallest absolute Gasteiger partial charge is 0.302 e. The second-order valence-corrected chi connectivity index (χ2v) is 7.32. The van der Waals surface area contributed by atoms with Gasteiger partial charge in [-0.05, 0) is 29.8 Å². The largest absolute Gasteiger partial charge is 0.463 e. The third-order valence-electron chi connectivity index (χ3n) is 4.29. The molecule has 0 aromatic carbocycles. The van der Waals surface area contributed by atoms with Crippen LogP contribution >= 0.6 is 15.9 Å². The normalized spacial score (nSPS) is 29.8. The van der Waals surface area contributed by atoms with Crippen LogP contribution in [0.2, 0.25) is 0 Å². The molecule has 2 fully saturated rings. The van der Waals surface area contributed by atoms with Crippen LogP contribution in [-0.2, 0) is 23.7 Å². The molecule has 2 aromatic heterocycles. The summed E-state index contributed by atoms with van der Waals surface area (Å²) >= 11 is 3.43. The molecule has 11 heteroatoms. The van der Waals surface area contributed by atoms with E-state index in [4.69, 9.17) is 24.7 Å². The van der Waals surface area contributed by atoms with Crippen LogP contribution in [0.15, 0.2) is 11.1 Å². The zero-order valence-corrected chi connectivity index (χ0v) is 16.0. The molecule has 2 aromatic rings. The molecule has 4 heterocycles. The number of rotatable bonds is 3. The molecule has 4 atom stereocenters. The summed E-state index contributed by atoms with van der Waals surface area (Å²) < 4.78 is 25.5. The Morgan fingerprint density at radius 2 is 2.12 bits per heavy atom. The summed E-state index contributed by atoms with van der Waals surface area (Å²) in [7, 11) is 0. The van der Waals surface area contributed by atoms with Crippen LogP contribution in [0.1, 0.15) is 27.0 Å². The van der Waals surface area contributed by atoms with E-state index < -0.39 is 30.3 Å². The first-order valence-electron chi connectivity index (χ1n) is 8.05. The molecule has 0 spiro atoms. The van der Waals surface area contributed by atoms with Crippen molar-refractivity contribution in [1.29, 1.82) is 0 Å². The van der Waals surface area contributed by atoms with Crippen LogP contribution in [0, 0.1) is 0 Å². The molecule has 26 heavy (non-hydrogen) atoms. The van der Waals surface area contributed by atoms with Gasteiger partial charge in [-0.1, -0.05) is 0 Å². The number of esters is 1. The van der Waals surface area contributed by atoms with E-state index in [2.05, 4.69) is 30.9 Å². The predicted octanol–water partition coefficient (Wildman–Crippen LogP) is 1.15. The Bertz CT molecular complexity index is 871. The number of nitrogens with two attached hydrogens (primary N) is 1. The number of imidazole rings is 1. The summed E-state index contributed by atoms with van der Waals surface area (Å²) in [5, 5.41) is 0. The highest BCUT2D eigenvalue weighted by atomic mass is 79.9. The summed E-state index contributed by atoms with van der Waals surface area (Å²) in [6.07, 6.45) is -0.551. The monoisotopic (exact) mass is 427 g/mol. The Morgan fingerprint density at radius 3 is 2.85 bits per heavy atom. The third-order valence-corrected chi connectivity index (χ3v) is 4.85. The maximum Gasteiger partial charge on any atom is 0.302 e. The van der Waals surface area contributed by atoms with Crippen LogP contribution in [0.5, 0.6) is 0 Å². The highest BCUT2D eigenvalue weighted by Gasteiger charge is 2.56. The van der Waals surface area contributed by atoms with Crippen LogP contribution in [-0.4, -0.2) is 56.2 Å². The topological polar surface area (TPSA) is 124 Å². The molecular weight excluding hydrogens is 410 g/mol. The van der Waals surface area contributed by atoms with Crippen molar-refractivity contribution in [3.8, 4) is 0 Å². The van der Waals surface area contributed by atoms with Crippen molar-refractivity contribution in [3.05, 3.63) is 11.1 Å². The molecule has 2 saturated heterocycles. The average molecular weight is 428 g/mol. The number of nitrogens with zero attached hydrogens (tertiary/aromatic N) is 4. The first kappa shape index (κ1) is 17.6. The van der Waals surface area contributed by atoms with E-state index in [1.807, 2.05) is 13.8 Å². The maximum absolute atomic E-state index is 11.2. The Hall–Kier alpha value is -1.82. The van der Waals surface area contributed by atoms with Crippen molar-refractivity contribution >= 4 is 38.9 Å². The molecule has 140 valence electrons. The molecule has 2 aliphatic rings. The molecule has 0 aliphatic carbocycles. The minimum Gasteiger partial charge on any atom is -0.463 e. The van der Waals surface area contributed by atoms with E-state index in [1.54, 1.807) is 4.57 Å². The van der Waals surface area contributed by atoms with Gasteiger partial charge in [-0.25, -0.2) is 15.0 Å². The van der Waals surface area contributed by atoms with Crippen LogP contribution < -0.4 is 5.73 Å². The molecular formula is C15H18BrN5O5. The second-order valence-electron chi connectivity index (χ2n) is 6.61. The van der Waals surface area contributed by atoms with Gasteiger partial charge < -0.3 is 24.7 Å². The number of carbonyl (C=O) groups is 1. The number of nitrogen functional groups attached to an aromatic ring is 1. The zero-order chi connectivity index (χ0) is 18.6. The lowest BCUT2D eigenvalue weighted by Crippen LogP contribution is -2.33. The lowest BCUT2D eigenvalue weighted by molar-refractivity contribution is -0.202. The number of hydrogen-bond donors (Lipinski definition) is 1. The number of halogens is 1. The fraction of sp³-hybridized carbons (Fsp3) is 0.600. The van der Waals surface area contributed by atoms with Crippen LogP contribution in [0.4, 0.5) is 5.82 Å². The number of carbonyl (C=O) groups excluding carboxylic acids is 1. The standard InChI is InChI=1S/C15H18BrN5O5/c1-6(22)23-4-7-9-10(26-15(2,3)25-9)13(24-7)21-12-8(20-14(21)16)11(17)18-5-19-12/h5,7,9-10,13H,4H2,1-3H3,(H2,17,18,19)/t7-,9-,10+,13-/m1/s1.